The number of benzene rings is 1. The fraction of sp³-hybridized carbons (Fsp3) is 0.154. The van der Waals surface area contributed by atoms with Crippen molar-refractivity contribution in [3.8, 4) is 0 Å². The molecule has 5 heteroatoms. The Morgan fingerprint density at radius 2 is 1.94 bits per heavy atom. The van der Waals surface area contributed by atoms with Gasteiger partial charge in [-0.05, 0) is 25.5 Å². The van der Waals surface area contributed by atoms with Gasteiger partial charge >= 0.3 is 0 Å². The van der Waals surface area contributed by atoms with Gasteiger partial charge in [-0.2, -0.15) is 4.52 Å². The summed E-state index contributed by atoms with van der Waals surface area (Å²) < 4.78 is 2.02. The number of nitrogens with zero attached hydrogens (tertiary/aromatic N) is 3. The number of rotatable bonds is 1. The molecule has 90 valence electrons. The first kappa shape index (κ1) is 11.1. The van der Waals surface area contributed by atoms with Crippen molar-refractivity contribution in [1.29, 1.82) is 0 Å². The summed E-state index contributed by atoms with van der Waals surface area (Å²) in [6.07, 6.45) is 1.87. The molecule has 4 nitrogen and oxygen atoms in total. The van der Waals surface area contributed by atoms with E-state index in [0.717, 1.165) is 5.56 Å². The highest BCUT2D eigenvalue weighted by Gasteiger charge is 2.07. The first-order chi connectivity index (χ1) is 8.63. The maximum atomic E-state index is 12.1. The smallest absolute Gasteiger partial charge is 0.266 e. The summed E-state index contributed by atoms with van der Waals surface area (Å²) in [6.45, 7) is 3.82. The number of hydrogen-bond donors (Lipinski definition) is 0. The van der Waals surface area contributed by atoms with E-state index in [-0.39, 0.29) is 5.56 Å². The molecule has 0 amide bonds. The summed E-state index contributed by atoms with van der Waals surface area (Å²) >= 11 is 1.37. The topological polar surface area (TPSA) is 47.3 Å². The minimum atomic E-state index is -0.101. The van der Waals surface area contributed by atoms with Crippen LogP contribution in [0, 0.1) is 13.8 Å². The molecule has 0 radical (unpaired) electrons. The summed E-state index contributed by atoms with van der Waals surface area (Å²) in [4.78, 5) is 16.9. The summed E-state index contributed by atoms with van der Waals surface area (Å²) in [5.74, 6) is 0.625. The van der Waals surface area contributed by atoms with Crippen LogP contribution < -0.4 is 10.1 Å². The van der Waals surface area contributed by atoms with E-state index in [9.17, 15) is 4.79 Å². The first-order valence-electron chi connectivity index (χ1n) is 5.58. The van der Waals surface area contributed by atoms with Crippen molar-refractivity contribution in [2.75, 3.05) is 0 Å². The fourth-order valence-corrected chi connectivity index (χ4v) is 2.70. The minimum Gasteiger partial charge on any atom is -0.266 e. The van der Waals surface area contributed by atoms with Gasteiger partial charge < -0.3 is 0 Å². The van der Waals surface area contributed by atoms with Gasteiger partial charge in [-0.1, -0.05) is 41.2 Å². The zero-order valence-electron chi connectivity index (χ0n) is 10.0. The number of thiazole rings is 1. The van der Waals surface area contributed by atoms with E-state index < -0.39 is 0 Å². The maximum Gasteiger partial charge on any atom is 0.291 e. The molecule has 3 rings (SSSR count). The Balaban J connectivity index is 2.19. The van der Waals surface area contributed by atoms with Crippen molar-refractivity contribution in [3.05, 3.63) is 56.1 Å². The molecule has 1 aromatic carbocycles. The largest absolute Gasteiger partial charge is 0.291 e. The molecule has 0 N–H and O–H groups in total. The highest BCUT2D eigenvalue weighted by atomic mass is 32.1. The third-order valence-corrected chi connectivity index (χ3v) is 3.62. The molecule has 0 atom stereocenters. The van der Waals surface area contributed by atoms with Crippen LogP contribution in [0.25, 0.3) is 11.0 Å². The zero-order chi connectivity index (χ0) is 12.7. The second-order valence-electron chi connectivity index (χ2n) is 4.18. The van der Waals surface area contributed by atoms with Crippen molar-refractivity contribution in [3.63, 3.8) is 0 Å². The molecule has 0 saturated carbocycles. The van der Waals surface area contributed by atoms with Gasteiger partial charge in [0.05, 0.1) is 4.53 Å². The van der Waals surface area contributed by atoms with E-state index >= 15 is 0 Å². The lowest BCUT2D eigenvalue weighted by Gasteiger charge is -1.92. The first-order valence-corrected chi connectivity index (χ1v) is 6.40. The molecule has 0 aliphatic carbocycles. The Labute approximate surface area is 107 Å². The summed E-state index contributed by atoms with van der Waals surface area (Å²) in [5, 5.41) is 4.07. The maximum absolute atomic E-state index is 12.1. The lowest BCUT2D eigenvalue weighted by Crippen LogP contribution is -2.23. The molecule has 0 unspecified atom stereocenters. The van der Waals surface area contributed by atoms with Crippen molar-refractivity contribution >= 4 is 22.4 Å². The normalized spacial score (nSPS) is 12.4. The molecule has 0 spiro atoms. The molecule has 3 aromatic rings. The van der Waals surface area contributed by atoms with Gasteiger partial charge in [0.25, 0.3) is 5.56 Å². The Morgan fingerprint density at radius 3 is 2.61 bits per heavy atom. The molecule has 0 aliphatic heterocycles. The summed E-state index contributed by atoms with van der Waals surface area (Å²) in [5.41, 5.74) is 2.11. The lowest BCUT2D eigenvalue weighted by molar-refractivity contribution is 0.904. The van der Waals surface area contributed by atoms with Crippen LogP contribution in [0.1, 0.15) is 17.0 Å². The molecular formula is C13H11N3OS. The van der Waals surface area contributed by atoms with Gasteiger partial charge in [0.15, 0.2) is 0 Å². The average molecular weight is 257 g/mol. The standard InChI is InChI=1S/C13H11N3OS/c1-8-3-5-10(6-4-8)7-11-12(17)16-13(18-11)14-9(2)15-16/h3-7H,1-2H3/b11-7+. The van der Waals surface area contributed by atoms with Gasteiger partial charge in [0, 0.05) is 0 Å². The van der Waals surface area contributed by atoms with E-state index in [1.54, 1.807) is 6.92 Å². The Morgan fingerprint density at radius 1 is 1.22 bits per heavy atom. The molecule has 2 heterocycles. The van der Waals surface area contributed by atoms with Gasteiger partial charge in [-0.3, -0.25) is 4.79 Å². The van der Waals surface area contributed by atoms with Crippen LogP contribution in [0.2, 0.25) is 0 Å². The molecular weight excluding hydrogens is 246 g/mol. The fourth-order valence-electron chi connectivity index (χ4n) is 1.75. The quantitative estimate of drug-likeness (QED) is 0.660. The second-order valence-corrected chi connectivity index (χ2v) is 5.19. The van der Waals surface area contributed by atoms with E-state index in [4.69, 9.17) is 0 Å². The van der Waals surface area contributed by atoms with Crippen molar-refractivity contribution < 1.29 is 0 Å². The monoisotopic (exact) mass is 257 g/mol. The van der Waals surface area contributed by atoms with E-state index in [1.807, 2.05) is 37.3 Å². The minimum absolute atomic E-state index is 0.101. The van der Waals surface area contributed by atoms with Crippen molar-refractivity contribution in [1.82, 2.24) is 14.6 Å². The van der Waals surface area contributed by atoms with E-state index in [0.29, 0.717) is 15.3 Å². The van der Waals surface area contributed by atoms with E-state index in [1.165, 1.54) is 21.4 Å². The third kappa shape index (κ3) is 1.82. The summed E-state index contributed by atoms with van der Waals surface area (Å²) in [6, 6.07) is 8.04. The SMILES string of the molecule is Cc1ccc(/C=c2/sc3nc(C)nn3c2=O)cc1. The van der Waals surface area contributed by atoms with Crippen LogP contribution in [-0.4, -0.2) is 14.6 Å². The summed E-state index contributed by atoms with van der Waals surface area (Å²) in [7, 11) is 0. The van der Waals surface area contributed by atoms with Gasteiger partial charge in [0.1, 0.15) is 5.82 Å². The van der Waals surface area contributed by atoms with Gasteiger partial charge in [-0.15, -0.1) is 5.10 Å². The molecule has 2 aromatic heterocycles. The van der Waals surface area contributed by atoms with Crippen molar-refractivity contribution in [2.45, 2.75) is 13.8 Å². The molecule has 0 aliphatic rings. The molecule has 18 heavy (non-hydrogen) atoms. The van der Waals surface area contributed by atoms with E-state index in [2.05, 4.69) is 10.1 Å². The van der Waals surface area contributed by atoms with Crippen LogP contribution in [0.15, 0.2) is 29.1 Å². The van der Waals surface area contributed by atoms with Crippen LogP contribution in [0.5, 0.6) is 0 Å². The zero-order valence-corrected chi connectivity index (χ0v) is 10.9. The Kier molecular flexibility index (Phi) is 2.48. The van der Waals surface area contributed by atoms with Crippen LogP contribution in [0.3, 0.4) is 0 Å². The number of aromatic nitrogens is 3. The van der Waals surface area contributed by atoms with Crippen LogP contribution >= 0.6 is 11.3 Å². The molecule has 0 bridgehead atoms. The molecule has 0 saturated heterocycles. The second kappa shape index (κ2) is 4.03. The molecule has 0 fully saturated rings. The van der Waals surface area contributed by atoms with Crippen molar-refractivity contribution in [2.24, 2.45) is 0 Å². The number of fused-ring (bicyclic) bond motifs is 1. The lowest BCUT2D eigenvalue weighted by atomic mass is 10.1. The predicted molar refractivity (Wildman–Crippen MR) is 71.8 cm³/mol. The third-order valence-electron chi connectivity index (χ3n) is 2.66. The highest BCUT2D eigenvalue weighted by Crippen LogP contribution is 2.05. The number of hydrogen-bond acceptors (Lipinski definition) is 4. The van der Waals surface area contributed by atoms with Crippen LogP contribution in [-0.2, 0) is 0 Å². The van der Waals surface area contributed by atoms with Crippen LogP contribution in [0.4, 0.5) is 0 Å². The Hall–Kier alpha value is -2.01. The predicted octanol–water partition coefficient (Wildman–Crippen LogP) is 1.32. The van der Waals surface area contributed by atoms with Gasteiger partial charge in [-0.25, -0.2) is 4.98 Å². The number of aryl methyl sites for hydroxylation is 2. The highest BCUT2D eigenvalue weighted by molar-refractivity contribution is 7.15. The average Bonchev–Trinajstić information content (AvgIpc) is 2.82. The van der Waals surface area contributed by atoms with Gasteiger partial charge in [0.2, 0.25) is 4.96 Å². The Bertz CT molecular complexity index is 814.